The van der Waals surface area contributed by atoms with E-state index >= 15 is 0 Å². The van der Waals surface area contributed by atoms with Crippen LogP contribution in [0.2, 0.25) is 10.2 Å². The molecule has 0 aliphatic rings. The molecule has 72 valence electrons. The number of aromatic nitrogens is 1. The van der Waals surface area contributed by atoms with Crippen LogP contribution in [0.4, 0.5) is 0 Å². The van der Waals surface area contributed by atoms with Crippen LogP contribution in [0.15, 0.2) is 12.3 Å². The molecule has 1 heterocycles. The summed E-state index contributed by atoms with van der Waals surface area (Å²) in [7, 11) is 0. The van der Waals surface area contributed by atoms with Gasteiger partial charge in [0.05, 0.1) is 6.10 Å². The van der Waals surface area contributed by atoms with Crippen LogP contribution in [0.5, 0.6) is 0 Å². The maximum absolute atomic E-state index is 9.07. The van der Waals surface area contributed by atoms with Crippen LogP contribution in [0.1, 0.15) is 18.9 Å². The maximum Gasteiger partial charge on any atom is 0.130 e. The van der Waals surface area contributed by atoms with Gasteiger partial charge in [-0.2, -0.15) is 0 Å². The Bertz CT molecular complexity index is 289. The molecule has 1 rings (SSSR count). The van der Waals surface area contributed by atoms with Crippen molar-refractivity contribution in [3.63, 3.8) is 0 Å². The van der Waals surface area contributed by atoms with Crippen molar-refractivity contribution in [2.45, 2.75) is 25.9 Å². The van der Waals surface area contributed by atoms with Gasteiger partial charge in [0.2, 0.25) is 0 Å². The molecule has 1 N–H and O–H groups in total. The summed E-state index contributed by atoms with van der Waals surface area (Å²) in [5.41, 5.74) is 0.923. The maximum atomic E-state index is 9.07. The van der Waals surface area contributed by atoms with Gasteiger partial charge in [0, 0.05) is 11.2 Å². The van der Waals surface area contributed by atoms with Crippen LogP contribution in [0, 0.1) is 0 Å². The third kappa shape index (κ3) is 3.51. The first-order valence-corrected chi connectivity index (χ1v) is 4.83. The molecule has 1 atom stereocenters. The fourth-order valence-electron chi connectivity index (χ4n) is 0.984. The molecule has 0 aromatic carbocycles. The Hall–Kier alpha value is -0.310. The molecule has 13 heavy (non-hydrogen) atoms. The lowest BCUT2D eigenvalue weighted by molar-refractivity contribution is 0.185. The van der Waals surface area contributed by atoms with Crippen LogP contribution in [0.3, 0.4) is 0 Å². The summed E-state index contributed by atoms with van der Waals surface area (Å²) in [5, 5.41) is 10.1. The number of aliphatic hydroxyl groups excluding tert-OH is 1. The molecular formula is C9H11Cl2NO. The molecule has 0 spiro atoms. The molecule has 0 radical (unpaired) electrons. The quantitative estimate of drug-likeness (QED) is 0.794. The number of aliphatic hydroxyl groups is 1. The highest BCUT2D eigenvalue weighted by molar-refractivity contribution is 6.34. The zero-order chi connectivity index (χ0) is 9.84. The fourth-order valence-corrected chi connectivity index (χ4v) is 1.44. The van der Waals surface area contributed by atoms with Crippen LogP contribution in [-0.4, -0.2) is 16.2 Å². The lowest BCUT2D eigenvalue weighted by Gasteiger charge is -2.05. The third-order valence-electron chi connectivity index (χ3n) is 1.73. The Balaban J connectivity index is 2.67. The third-order valence-corrected chi connectivity index (χ3v) is 2.29. The van der Waals surface area contributed by atoms with E-state index in [0.717, 1.165) is 12.0 Å². The molecule has 2 nitrogen and oxygen atoms in total. The average Bonchev–Trinajstić information content (AvgIpc) is 2.02. The molecule has 0 aliphatic carbocycles. The zero-order valence-corrected chi connectivity index (χ0v) is 8.81. The van der Waals surface area contributed by atoms with Gasteiger partial charge in [-0.05, 0) is 31.4 Å². The topological polar surface area (TPSA) is 33.1 Å². The van der Waals surface area contributed by atoms with Crippen LogP contribution < -0.4 is 0 Å². The number of halogens is 2. The molecule has 0 amide bonds. The molecule has 4 heteroatoms. The summed E-state index contributed by atoms with van der Waals surface area (Å²) >= 11 is 11.5. The number of hydrogen-bond donors (Lipinski definition) is 1. The molecule has 0 fully saturated rings. The van der Waals surface area contributed by atoms with Gasteiger partial charge in [-0.3, -0.25) is 0 Å². The highest BCUT2D eigenvalue weighted by Crippen LogP contribution is 2.20. The van der Waals surface area contributed by atoms with E-state index in [0.29, 0.717) is 16.6 Å². The minimum atomic E-state index is -0.313. The second-order valence-corrected chi connectivity index (χ2v) is 3.78. The van der Waals surface area contributed by atoms with Crippen molar-refractivity contribution in [2.24, 2.45) is 0 Å². The van der Waals surface area contributed by atoms with Gasteiger partial charge < -0.3 is 5.11 Å². The van der Waals surface area contributed by atoms with Gasteiger partial charge in [0.15, 0.2) is 0 Å². The Labute approximate surface area is 87.5 Å². The summed E-state index contributed by atoms with van der Waals surface area (Å²) in [4.78, 5) is 3.92. The second kappa shape index (κ2) is 4.80. The Morgan fingerprint density at radius 1 is 1.54 bits per heavy atom. The minimum absolute atomic E-state index is 0.313. The number of hydrogen-bond acceptors (Lipinski definition) is 2. The molecule has 0 bridgehead atoms. The molecule has 1 aromatic rings. The van der Waals surface area contributed by atoms with Crippen molar-refractivity contribution < 1.29 is 5.11 Å². The summed E-state index contributed by atoms with van der Waals surface area (Å²) in [6, 6.07) is 1.61. The first-order valence-electron chi connectivity index (χ1n) is 4.07. The highest BCUT2D eigenvalue weighted by Gasteiger charge is 2.03. The number of nitrogens with zero attached hydrogens (tertiary/aromatic N) is 1. The summed E-state index contributed by atoms with van der Waals surface area (Å²) in [6.45, 7) is 1.75. The lowest BCUT2D eigenvalue weighted by Crippen LogP contribution is -2.02. The highest BCUT2D eigenvalue weighted by atomic mass is 35.5. The molecule has 0 aliphatic heterocycles. The monoisotopic (exact) mass is 219 g/mol. The number of pyridine rings is 1. The predicted molar refractivity (Wildman–Crippen MR) is 54.3 cm³/mol. The predicted octanol–water partition coefficient (Wildman–Crippen LogP) is 2.70. The Kier molecular flexibility index (Phi) is 3.97. The van der Waals surface area contributed by atoms with E-state index in [1.165, 1.54) is 0 Å². The van der Waals surface area contributed by atoms with Crippen LogP contribution >= 0.6 is 23.2 Å². The van der Waals surface area contributed by atoms with Gasteiger partial charge in [0.25, 0.3) is 0 Å². The summed E-state index contributed by atoms with van der Waals surface area (Å²) < 4.78 is 0. The molecule has 1 aromatic heterocycles. The van der Waals surface area contributed by atoms with Crippen LogP contribution in [-0.2, 0) is 6.42 Å². The number of aryl methyl sites for hydroxylation is 1. The molecule has 0 unspecified atom stereocenters. The molecule has 0 saturated carbocycles. The SMILES string of the molecule is C[C@@H](O)CCc1cnc(Cl)cc1Cl. The van der Waals surface area contributed by atoms with Crippen molar-refractivity contribution in [1.29, 1.82) is 0 Å². The lowest BCUT2D eigenvalue weighted by atomic mass is 10.1. The van der Waals surface area contributed by atoms with Gasteiger partial charge in [-0.1, -0.05) is 23.2 Å². The van der Waals surface area contributed by atoms with Crippen molar-refractivity contribution in [3.05, 3.63) is 28.0 Å². The Morgan fingerprint density at radius 3 is 2.77 bits per heavy atom. The van der Waals surface area contributed by atoms with Crippen molar-refractivity contribution in [2.75, 3.05) is 0 Å². The van der Waals surface area contributed by atoms with Crippen molar-refractivity contribution >= 4 is 23.2 Å². The molecule has 0 saturated heterocycles. The largest absolute Gasteiger partial charge is 0.393 e. The van der Waals surface area contributed by atoms with Crippen LogP contribution in [0.25, 0.3) is 0 Å². The normalized spacial score (nSPS) is 12.9. The van der Waals surface area contributed by atoms with E-state index in [9.17, 15) is 0 Å². The van der Waals surface area contributed by atoms with E-state index in [1.807, 2.05) is 0 Å². The minimum Gasteiger partial charge on any atom is -0.393 e. The van der Waals surface area contributed by atoms with E-state index in [1.54, 1.807) is 19.2 Å². The van der Waals surface area contributed by atoms with Gasteiger partial charge >= 0.3 is 0 Å². The first kappa shape index (κ1) is 10.8. The van der Waals surface area contributed by atoms with E-state index < -0.39 is 0 Å². The van der Waals surface area contributed by atoms with Crippen molar-refractivity contribution in [3.8, 4) is 0 Å². The van der Waals surface area contributed by atoms with Gasteiger partial charge in [-0.25, -0.2) is 4.98 Å². The second-order valence-electron chi connectivity index (χ2n) is 2.99. The van der Waals surface area contributed by atoms with Gasteiger partial charge in [0.1, 0.15) is 5.15 Å². The summed E-state index contributed by atoms with van der Waals surface area (Å²) in [6.07, 6.45) is 2.74. The van der Waals surface area contributed by atoms with E-state index in [-0.39, 0.29) is 6.10 Å². The standard InChI is InChI=1S/C9H11Cl2NO/c1-6(13)2-3-7-5-12-9(11)4-8(7)10/h4-6,13H,2-3H2,1H3/t6-/m1/s1. The average molecular weight is 220 g/mol. The zero-order valence-electron chi connectivity index (χ0n) is 7.30. The fraction of sp³-hybridized carbons (Fsp3) is 0.444. The number of rotatable bonds is 3. The molecular weight excluding hydrogens is 209 g/mol. The first-order chi connectivity index (χ1) is 6.09. The van der Waals surface area contributed by atoms with Crippen molar-refractivity contribution in [1.82, 2.24) is 4.98 Å². The van der Waals surface area contributed by atoms with Gasteiger partial charge in [-0.15, -0.1) is 0 Å². The smallest absolute Gasteiger partial charge is 0.130 e. The van der Waals surface area contributed by atoms with E-state index in [2.05, 4.69) is 4.98 Å². The summed E-state index contributed by atoms with van der Waals surface area (Å²) in [5.74, 6) is 0. The Morgan fingerprint density at radius 2 is 2.23 bits per heavy atom. The van der Waals surface area contributed by atoms with E-state index in [4.69, 9.17) is 28.3 Å².